The zero-order valence-corrected chi connectivity index (χ0v) is 25.8. The van der Waals surface area contributed by atoms with Crippen molar-refractivity contribution in [3.63, 3.8) is 0 Å². The zero-order chi connectivity index (χ0) is 32.2. The van der Waals surface area contributed by atoms with Gasteiger partial charge in [-0.05, 0) is 92.6 Å². The Morgan fingerprint density at radius 2 is 1.98 bits per heavy atom. The van der Waals surface area contributed by atoms with Gasteiger partial charge in [-0.25, -0.2) is 13.8 Å². The molecule has 2 saturated heterocycles. The monoisotopic (exact) mass is 631 g/mol. The molecule has 1 aliphatic carbocycles. The fraction of sp³-hybridized carbons (Fsp3) is 0.429. The Hall–Kier alpha value is -4.38. The molecule has 4 atom stereocenters. The van der Waals surface area contributed by atoms with Gasteiger partial charge in [0.25, 0.3) is 5.91 Å². The van der Waals surface area contributed by atoms with Crippen LogP contribution in [-0.2, 0) is 9.59 Å². The number of halogens is 2. The van der Waals surface area contributed by atoms with E-state index in [1.807, 2.05) is 25.1 Å². The molecule has 2 aliphatic heterocycles. The summed E-state index contributed by atoms with van der Waals surface area (Å²) in [5.74, 6) is -0.766. The highest BCUT2D eigenvalue weighted by Crippen LogP contribution is 2.33. The molecule has 1 saturated carbocycles. The molecule has 1 unspecified atom stereocenters. The molecule has 9 nitrogen and oxygen atoms in total. The molecule has 3 fully saturated rings. The van der Waals surface area contributed by atoms with Crippen molar-refractivity contribution in [3.8, 4) is 5.75 Å². The third-order valence-electron chi connectivity index (χ3n) is 8.76. The third-order valence-corrected chi connectivity index (χ3v) is 8.76. The molecule has 0 spiro atoms. The topological polar surface area (TPSA) is 113 Å². The van der Waals surface area contributed by atoms with E-state index in [1.54, 1.807) is 6.07 Å². The van der Waals surface area contributed by atoms with Crippen LogP contribution in [-0.4, -0.2) is 72.1 Å². The van der Waals surface area contributed by atoms with Crippen molar-refractivity contribution in [2.24, 2.45) is 5.92 Å². The molecule has 242 valence electrons. The number of hydrogen-bond donors (Lipinski definition) is 3. The summed E-state index contributed by atoms with van der Waals surface area (Å²) in [4.78, 5) is 44.9. The molecule has 3 amide bonds. The van der Waals surface area contributed by atoms with Crippen LogP contribution in [0.5, 0.6) is 5.75 Å². The Bertz CT molecular complexity index is 1640. The molecule has 3 N–H and O–H groups in total. The molecular weight excluding hydrogens is 592 g/mol. The number of ether oxygens (including phenoxy) is 1. The fourth-order valence-electron chi connectivity index (χ4n) is 6.06. The minimum atomic E-state index is -1.37. The van der Waals surface area contributed by atoms with Crippen LogP contribution in [0.1, 0.15) is 66.7 Å². The number of nitrogens with one attached hydrogen (secondary N) is 3. The molecule has 0 radical (unpaired) electrons. The first-order valence-electron chi connectivity index (χ1n) is 16.0. The maximum atomic E-state index is 14.6. The van der Waals surface area contributed by atoms with Crippen molar-refractivity contribution in [2.75, 3.05) is 26.2 Å². The molecule has 3 heterocycles. The fourth-order valence-corrected chi connectivity index (χ4v) is 6.06. The van der Waals surface area contributed by atoms with E-state index in [4.69, 9.17) is 4.74 Å². The van der Waals surface area contributed by atoms with E-state index >= 15 is 0 Å². The second kappa shape index (κ2) is 13.9. The molecular formula is C35H39F2N5O4. The number of nitrogens with zero attached hydrogens (tertiary/aromatic N) is 2. The van der Waals surface area contributed by atoms with Gasteiger partial charge >= 0.3 is 0 Å². The van der Waals surface area contributed by atoms with Gasteiger partial charge in [-0.1, -0.05) is 24.3 Å². The lowest BCUT2D eigenvalue weighted by Gasteiger charge is -2.27. The molecule has 6 rings (SSSR count). The van der Waals surface area contributed by atoms with Crippen molar-refractivity contribution in [3.05, 3.63) is 77.2 Å². The largest absolute Gasteiger partial charge is 0.489 e. The number of hydrogen-bond acceptors (Lipinski definition) is 6. The number of piperidine rings is 1. The van der Waals surface area contributed by atoms with Gasteiger partial charge in [-0.2, -0.15) is 0 Å². The predicted octanol–water partition coefficient (Wildman–Crippen LogP) is 4.47. The number of aromatic nitrogens is 1. The van der Waals surface area contributed by atoms with Crippen LogP contribution >= 0.6 is 0 Å². The minimum Gasteiger partial charge on any atom is -0.489 e. The van der Waals surface area contributed by atoms with E-state index in [0.29, 0.717) is 16.8 Å². The quantitative estimate of drug-likeness (QED) is 0.305. The van der Waals surface area contributed by atoms with Gasteiger partial charge in [0.1, 0.15) is 35.6 Å². The first-order chi connectivity index (χ1) is 22.2. The van der Waals surface area contributed by atoms with Gasteiger partial charge in [-0.15, -0.1) is 0 Å². The number of amides is 3. The third kappa shape index (κ3) is 7.70. The summed E-state index contributed by atoms with van der Waals surface area (Å²) in [5, 5.41) is 9.42. The van der Waals surface area contributed by atoms with Gasteiger partial charge < -0.3 is 25.6 Å². The number of benzene rings is 2. The highest BCUT2D eigenvalue weighted by atomic mass is 19.1. The Morgan fingerprint density at radius 3 is 2.76 bits per heavy atom. The summed E-state index contributed by atoms with van der Waals surface area (Å²) in [6.07, 6.45) is 7.19. The van der Waals surface area contributed by atoms with Crippen LogP contribution in [0.3, 0.4) is 0 Å². The average Bonchev–Trinajstić information content (AvgIpc) is 3.81. The highest BCUT2D eigenvalue weighted by Gasteiger charge is 2.40. The number of fused-ring (bicyclic) bond motifs is 1. The maximum Gasteiger partial charge on any atom is 0.270 e. The van der Waals surface area contributed by atoms with Crippen molar-refractivity contribution >= 4 is 34.7 Å². The zero-order valence-electron chi connectivity index (χ0n) is 25.8. The second-order valence-electron chi connectivity index (χ2n) is 12.4. The number of carbonyl (C=O) groups excluding carboxylic acids is 3. The summed E-state index contributed by atoms with van der Waals surface area (Å²) < 4.78 is 34.4. The highest BCUT2D eigenvalue weighted by molar-refractivity contribution is 5.97. The maximum absolute atomic E-state index is 14.6. The van der Waals surface area contributed by atoms with Crippen molar-refractivity contribution in [1.82, 2.24) is 25.8 Å². The molecule has 11 heteroatoms. The normalized spacial score (nSPS) is 22.2. The second-order valence-corrected chi connectivity index (χ2v) is 12.4. The van der Waals surface area contributed by atoms with E-state index in [-0.39, 0.29) is 24.8 Å². The van der Waals surface area contributed by atoms with Crippen LogP contribution in [0.4, 0.5) is 8.78 Å². The molecule has 3 aliphatic rings. The Labute approximate surface area is 266 Å². The predicted molar refractivity (Wildman–Crippen MR) is 170 cm³/mol. The molecule has 3 aromatic rings. The smallest absolute Gasteiger partial charge is 0.270 e. The van der Waals surface area contributed by atoms with Crippen LogP contribution in [0.25, 0.3) is 17.0 Å². The van der Waals surface area contributed by atoms with E-state index in [1.165, 1.54) is 42.0 Å². The number of likely N-dealkylation sites (tertiary alicyclic amines) is 1. The van der Waals surface area contributed by atoms with Crippen LogP contribution in [0, 0.1) is 11.7 Å². The first kappa shape index (κ1) is 31.6. The Morgan fingerprint density at radius 1 is 1.13 bits per heavy atom. The van der Waals surface area contributed by atoms with Gasteiger partial charge in [0, 0.05) is 18.4 Å². The Balaban J connectivity index is 1.11. The summed E-state index contributed by atoms with van der Waals surface area (Å²) in [5.41, 5.74) is 2.32. The number of pyridine rings is 1. The molecule has 1 aromatic heterocycles. The summed E-state index contributed by atoms with van der Waals surface area (Å²) >= 11 is 0. The Kier molecular flexibility index (Phi) is 9.58. The summed E-state index contributed by atoms with van der Waals surface area (Å²) in [6.45, 7) is 2.96. The van der Waals surface area contributed by atoms with Crippen LogP contribution in [0.2, 0.25) is 0 Å². The van der Waals surface area contributed by atoms with Gasteiger partial charge in [-0.3, -0.25) is 14.4 Å². The van der Waals surface area contributed by atoms with E-state index in [9.17, 15) is 23.2 Å². The lowest BCUT2D eigenvalue weighted by Crippen LogP contribution is -2.49. The number of carbonyl (C=O) groups is 3. The molecule has 46 heavy (non-hydrogen) atoms. The minimum absolute atomic E-state index is 0.0531. The van der Waals surface area contributed by atoms with E-state index < -0.39 is 48.3 Å². The van der Waals surface area contributed by atoms with Crippen LogP contribution < -0.4 is 20.7 Å². The van der Waals surface area contributed by atoms with E-state index in [0.717, 1.165) is 42.8 Å². The average molecular weight is 632 g/mol. The van der Waals surface area contributed by atoms with Gasteiger partial charge in [0.15, 0.2) is 0 Å². The number of rotatable bonds is 10. The van der Waals surface area contributed by atoms with Crippen molar-refractivity contribution in [2.45, 2.75) is 63.4 Å². The number of alkyl halides is 1. The van der Waals surface area contributed by atoms with E-state index in [2.05, 4.69) is 33.1 Å². The van der Waals surface area contributed by atoms with Crippen molar-refractivity contribution < 1.29 is 27.9 Å². The first-order valence-corrected chi connectivity index (χ1v) is 16.0. The van der Waals surface area contributed by atoms with Crippen molar-refractivity contribution in [1.29, 1.82) is 0 Å². The van der Waals surface area contributed by atoms with Gasteiger partial charge in [0.2, 0.25) is 11.8 Å². The lowest BCUT2D eigenvalue weighted by molar-refractivity contribution is -0.138. The standard InChI is InChI=1S/C35H39F2N5O4/c1-21(29-17-27(46-28-3-2-14-38-18-28)11-8-23(29)7-6-22-4-5-22)40-35(45)32-16-26(37)20-42(32)33(43)19-39-34(44)31-12-9-24-15-25(36)10-13-30(24)41-31/h6-13,15,17,21-22,26,28,32,38H,2-5,14,16,18-20H2,1H3,(H,39,44)(H,40,45)/b7-6+/t21-,26+,28-,32?/m0/s1. The molecule has 0 bridgehead atoms. The summed E-state index contributed by atoms with van der Waals surface area (Å²) in [7, 11) is 0. The number of allylic oxidation sites excluding steroid dienone is 1. The molecule has 2 aromatic carbocycles. The van der Waals surface area contributed by atoms with Crippen LogP contribution in [0.15, 0.2) is 54.6 Å². The SMILES string of the molecule is C[C@H](NC(=O)C1C[C@@H](F)CN1C(=O)CNC(=O)c1ccc2cc(F)ccc2n1)c1cc(O[C@H]2CCCNC2)ccc1/C=C/C1CC1. The summed E-state index contributed by atoms with van der Waals surface area (Å²) in [6, 6.07) is 11.5. The lowest BCUT2D eigenvalue weighted by atomic mass is 9.99. The van der Waals surface area contributed by atoms with Gasteiger partial charge in [0.05, 0.1) is 24.6 Å².